The van der Waals surface area contributed by atoms with Gasteiger partial charge in [-0.05, 0) is 12.8 Å². The molecular formula is C7H11BrN2O2. The summed E-state index contributed by atoms with van der Waals surface area (Å²) in [7, 11) is 0. The maximum absolute atomic E-state index is 11.0. The minimum atomic E-state index is -0.166. The van der Waals surface area contributed by atoms with Gasteiger partial charge in [-0.1, -0.05) is 15.9 Å². The lowest BCUT2D eigenvalue weighted by atomic mass is 10.5. The Morgan fingerprint density at radius 1 is 1.33 bits per heavy atom. The molecule has 68 valence electrons. The first kappa shape index (κ1) is 9.51. The van der Waals surface area contributed by atoms with Crippen molar-refractivity contribution in [3.8, 4) is 0 Å². The molecule has 0 aromatic rings. The molecule has 2 N–H and O–H groups in total. The Bertz CT molecular complexity index is 192. The number of halogens is 1. The zero-order valence-corrected chi connectivity index (χ0v) is 8.19. The summed E-state index contributed by atoms with van der Waals surface area (Å²) in [6.07, 6.45) is 2.14. The number of hydrogen-bond acceptors (Lipinski definition) is 2. The van der Waals surface area contributed by atoms with Gasteiger partial charge in [-0.3, -0.25) is 9.59 Å². The minimum absolute atomic E-state index is 0.0843. The fraction of sp³-hybridized carbons (Fsp3) is 0.714. The van der Waals surface area contributed by atoms with Crippen LogP contribution in [0.3, 0.4) is 0 Å². The Balaban J connectivity index is 2.04. The van der Waals surface area contributed by atoms with Gasteiger partial charge in [-0.25, -0.2) is 0 Å². The summed E-state index contributed by atoms with van der Waals surface area (Å²) in [5, 5.41) is 5.47. The van der Waals surface area contributed by atoms with Crippen LogP contribution < -0.4 is 10.6 Å². The molecule has 0 heterocycles. The molecule has 2 amide bonds. The molecule has 1 rings (SSSR count). The largest absolute Gasteiger partial charge is 0.352 e. The van der Waals surface area contributed by atoms with Crippen molar-refractivity contribution in [2.45, 2.75) is 18.9 Å². The van der Waals surface area contributed by atoms with E-state index in [2.05, 4.69) is 26.6 Å². The second-order valence-corrected chi connectivity index (χ2v) is 3.31. The molecule has 1 fully saturated rings. The lowest BCUT2D eigenvalue weighted by Gasteiger charge is -2.03. The second kappa shape index (κ2) is 4.45. The SMILES string of the molecule is O=C(CBr)NCC(=O)NC1CC1. The highest BCUT2D eigenvalue weighted by molar-refractivity contribution is 9.09. The Labute approximate surface area is 79.2 Å². The van der Waals surface area contributed by atoms with E-state index >= 15 is 0 Å². The smallest absolute Gasteiger partial charge is 0.239 e. The summed E-state index contributed by atoms with van der Waals surface area (Å²) in [6.45, 7) is 0.0843. The standard InChI is InChI=1S/C7H11BrN2O2/c8-3-6(11)9-4-7(12)10-5-1-2-5/h5H,1-4H2,(H,9,11)(H,10,12). The average Bonchev–Trinajstić information content (AvgIpc) is 2.84. The summed E-state index contributed by atoms with van der Waals surface area (Å²) < 4.78 is 0. The van der Waals surface area contributed by atoms with Crippen LogP contribution in [0.5, 0.6) is 0 Å². The van der Waals surface area contributed by atoms with Gasteiger partial charge in [-0.2, -0.15) is 0 Å². The molecule has 0 unspecified atom stereocenters. The number of nitrogens with one attached hydrogen (secondary N) is 2. The van der Waals surface area contributed by atoms with Crippen molar-refractivity contribution in [3.63, 3.8) is 0 Å². The molecule has 0 atom stereocenters. The van der Waals surface area contributed by atoms with E-state index in [1.165, 1.54) is 0 Å². The van der Waals surface area contributed by atoms with Crippen LogP contribution in [0.2, 0.25) is 0 Å². The summed E-state index contributed by atoms with van der Waals surface area (Å²) >= 11 is 2.98. The Hall–Kier alpha value is -0.580. The van der Waals surface area contributed by atoms with Crippen molar-refractivity contribution in [3.05, 3.63) is 0 Å². The van der Waals surface area contributed by atoms with Crippen molar-refractivity contribution in [1.82, 2.24) is 10.6 Å². The summed E-state index contributed by atoms with van der Waals surface area (Å²) in [5.41, 5.74) is 0. The topological polar surface area (TPSA) is 58.2 Å². The summed E-state index contributed by atoms with van der Waals surface area (Å²) in [6, 6.07) is 0.360. The first-order valence-electron chi connectivity index (χ1n) is 3.84. The highest BCUT2D eigenvalue weighted by atomic mass is 79.9. The number of rotatable bonds is 4. The predicted octanol–water partition coefficient (Wildman–Crippen LogP) is -0.224. The number of alkyl halides is 1. The van der Waals surface area contributed by atoms with Crippen LogP contribution >= 0.6 is 15.9 Å². The van der Waals surface area contributed by atoms with Crippen molar-refractivity contribution in [1.29, 1.82) is 0 Å². The molecule has 1 aliphatic rings. The maximum Gasteiger partial charge on any atom is 0.239 e. The van der Waals surface area contributed by atoms with Crippen LogP contribution in [0.4, 0.5) is 0 Å². The van der Waals surface area contributed by atoms with Crippen LogP contribution in [-0.4, -0.2) is 29.7 Å². The monoisotopic (exact) mass is 234 g/mol. The van der Waals surface area contributed by atoms with Crippen LogP contribution in [0.15, 0.2) is 0 Å². The Kier molecular flexibility index (Phi) is 3.52. The zero-order chi connectivity index (χ0) is 8.97. The first-order chi connectivity index (χ1) is 5.72. The Morgan fingerprint density at radius 3 is 2.50 bits per heavy atom. The van der Waals surface area contributed by atoms with Crippen LogP contribution in [0, 0.1) is 0 Å². The van der Waals surface area contributed by atoms with E-state index in [-0.39, 0.29) is 23.7 Å². The van der Waals surface area contributed by atoms with E-state index in [4.69, 9.17) is 0 Å². The van der Waals surface area contributed by atoms with Crippen LogP contribution in [-0.2, 0) is 9.59 Å². The molecule has 12 heavy (non-hydrogen) atoms. The van der Waals surface area contributed by atoms with Crippen molar-refractivity contribution in [2.75, 3.05) is 11.9 Å². The minimum Gasteiger partial charge on any atom is -0.352 e. The Morgan fingerprint density at radius 2 is 2.00 bits per heavy atom. The predicted molar refractivity (Wildman–Crippen MR) is 48.0 cm³/mol. The van der Waals surface area contributed by atoms with Crippen molar-refractivity contribution < 1.29 is 9.59 Å². The van der Waals surface area contributed by atoms with E-state index in [0.717, 1.165) is 12.8 Å². The van der Waals surface area contributed by atoms with Gasteiger partial charge in [0.1, 0.15) is 0 Å². The van der Waals surface area contributed by atoms with Crippen molar-refractivity contribution in [2.24, 2.45) is 0 Å². The molecular weight excluding hydrogens is 224 g/mol. The second-order valence-electron chi connectivity index (χ2n) is 2.75. The molecule has 0 radical (unpaired) electrons. The first-order valence-corrected chi connectivity index (χ1v) is 4.96. The third-order valence-corrected chi connectivity index (χ3v) is 2.02. The van der Waals surface area contributed by atoms with Gasteiger partial charge < -0.3 is 10.6 Å². The van der Waals surface area contributed by atoms with Gasteiger partial charge in [0.2, 0.25) is 11.8 Å². The fourth-order valence-corrected chi connectivity index (χ4v) is 0.931. The van der Waals surface area contributed by atoms with Gasteiger partial charge in [0.15, 0.2) is 0 Å². The molecule has 0 aromatic heterocycles. The van der Waals surface area contributed by atoms with Crippen LogP contribution in [0.25, 0.3) is 0 Å². The van der Waals surface area contributed by atoms with E-state index in [1.807, 2.05) is 0 Å². The third-order valence-electron chi connectivity index (χ3n) is 1.51. The van der Waals surface area contributed by atoms with Gasteiger partial charge in [0.05, 0.1) is 11.9 Å². The van der Waals surface area contributed by atoms with E-state index in [9.17, 15) is 9.59 Å². The molecule has 0 aromatic carbocycles. The summed E-state index contributed by atoms with van der Waals surface area (Å²) in [4.78, 5) is 21.7. The van der Waals surface area contributed by atoms with E-state index in [1.54, 1.807) is 0 Å². The molecule has 0 bridgehead atoms. The fourth-order valence-electron chi connectivity index (χ4n) is 0.732. The lowest BCUT2D eigenvalue weighted by molar-refractivity contribution is -0.124. The number of carbonyl (C=O) groups excluding carboxylic acids is 2. The molecule has 5 heteroatoms. The van der Waals surface area contributed by atoms with E-state index < -0.39 is 0 Å². The third kappa shape index (κ3) is 3.71. The van der Waals surface area contributed by atoms with Crippen LogP contribution in [0.1, 0.15) is 12.8 Å². The quantitative estimate of drug-likeness (QED) is 0.661. The molecule has 0 aliphatic heterocycles. The zero-order valence-electron chi connectivity index (χ0n) is 6.60. The highest BCUT2D eigenvalue weighted by Crippen LogP contribution is 2.17. The normalized spacial score (nSPS) is 15.4. The average molecular weight is 235 g/mol. The summed E-state index contributed by atoms with van der Waals surface area (Å²) in [5.74, 6) is -0.271. The number of hydrogen-bond donors (Lipinski definition) is 2. The molecule has 4 nitrogen and oxygen atoms in total. The number of amides is 2. The number of carbonyl (C=O) groups is 2. The highest BCUT2D eigenvalue weighted by Gasteiger charge is 2.22. The molecule has 0 spiro atoms. The molecule has 0 saturated heterocycles. The van der Waals surface area contributed by atoms with Gasteiger partial charge in [0.25, 0.3) is 0 Å². The van der Waals surface area contributed by atoms with E-state index in [0.29, 0.717) is 6.04 Å². The maximum atomic E-state index is 11.0. The van der Waals surface area contributed by atoms with Gasteiger partial charge >= 0.3 is 0 Å². The molecule has 1 saturated carbocycles. The van der Waals surface area contributed by atoms with Crippen molar-refractivity contribution >= 4 is 27.7 Å². The van der Waals surface area contributed by atoms with Gasteiger partial charge in [0, 0.05) is 6.04 Å². The molecule has 1 aliphatic carbocycles. The lowest BCUT2D eigenvalue weighted by Crippen LogP contribution is -2.38. The van der Waals surface area contributed by atoms with Gasteiger partial charge in [-0.15, -0.1) is 0 Å².